The molecule has 0 radical (unpaired) electrons. The van der Waals surface area contributed by atoms with Gasteiger partial charge in [-0.25, -0.2) is 9.97 Å². The Hall–Kier alpha value is -3.04. The van der Waals surface area contributed by atoms with Crippen LogP contribution in [-0.4, -0.2) is 69.8 Å². The molecule has 1 aromatic carbocycles. The molecule has 170 valence electrons. The van der Waals surface area contributed by atoms with Crippen LogP contribution in [0, 0.1) is 0 Å². The first kappa shape index (κ1) is 22.2. The van der Waals surface area contributed by atoms with Gasteiger partial charge in [0.15, 0.2) is 0 Å². The number of rotatable bonds is 7. The van der Waals surface area contributed by atoms with Gasteiger partial charge in [0.05, 0.1) is 0 Å². The van der Waals surface area contributed by atoms with E-state index < -0.39 is 0 Å². The molecule has 0 aliphatic carbocycles. The van der Waals surface area contributed by atoms with Crippen molar-refractivity contribution in [2.45, 2.75) is 44.9 Å². The molecule has 9 heteroatoms. The van der Waals surface area contributed by atoms with Gasteiger partial charge in [-0.3, -0.25) is 14.5 Å². The lowest BCUT2D eigenvalue weighted by Crippen LogP contribution is -2.44. The van der Waals surface area contributed by atoms with Crippen LogP contribution in [0.5, 0.6) is 0 Å². The number of aromatic nitrogens is 2. The SMILES string of the molecule is CC(=O)N1CCC(Nc2cc(C(=O)NC[C@H](N)CN3Cc4ccccc4C3)ncn2)CC1. The first-order chi connectivity index (χ1) is 15.5. The summed E-state index contributed by atoms with van der Waals surface area (Å²) in [5, 5.41) is 6.25. The number of piperidine rings is 1. The number of anilines is 1. The van der Waals surface area contributed by atoms with Crippen molar-refractivity contribution in [3.05, 3.63) is 53.5 Å². The lowest BCUT2D eigenvalue weighted by atomic mass is 10.1. The van der Waals surface area contributed by atoms with Gasteiger partial charge in [-0.1, -0.05) is 24.3 Å². The van der Waals surface area contributed by atoms with Crippen molar-refractivity contribution >= 4 is 17.6 Å². The van der Waals surface area contributed by atoms with Crippen molar-refractivity contribution in [1.29, 1.82) is 0 Å². The molecule has 1 saturated heterocycles. The Morgan fingerprint density at radius 1 is 1.16 bits per heavy atom. The normalized spacial score (nSPS) is 17.6. The van der Waals surface area contributed by atoms with Crippen LogP contribution in [-0.2, 0) is 17.9 Å². The maximum absolute atomic E-state index is 12.6. The molecule has 0 bridgehead atoms. The Morgan fingerprint density at radius 2 is 1.84 bits per heavy atom. The van der Waals surface area contributed by atoms with E-state index in [-0.39, 0.29) is 23.9 Å². The van der Waals surface area contributed by atoms with E-state index >= 15 is 0 Å². The fourth-order valence-electron chi connectivity index (χ4n) is 4.35. The standard InChI is InChI=1S/C23H31N7O2/c1-16(31)30-8-6-20(7-9-30)28-22-10-21(26-15-27-22)23(32)25-11-19(24)14-29-12-17-4-2-3-5-18(17)13-29/h2-5,10,15,19-20H,6-9,11-14,24H2,1H3,(H,25,32)(H,26,27,28)/t19-/m0/s1. The average Bonchev–Trinajstić information content (AvgIpc) is 3.20. The van der Waals surface area contributed by atoms with Crippen molar-refractivity contribution in [2.75, 3.05) is 31.5 Å². The molecule has 0 saturated carbocycles. The van der Waals surface area contributed by atoms with E-state index in [1.54, 1.807) is 13.0 Å². The molecule has 1 aromatic heterocycles. The second-order valence-corrected chi connectivity index (χ2v) is 8.62. The second-order valence-electron chi connectivity index (χ2n) is 8.62. The molecule has 0 unspecified atom stereocenters. The molecule has 9 nitrogen and oxygen atoms in total. The molecule has 3 heterocycles. The zero-order chi connectivity index (χ0) is 22.5. The zero-order valence-electron chi connectivity index (χ0n) is 18.5. The van der Waals surface area contributed by atoms with Gasteiger partial charge in [-0.05, 0) is 24.0 Å². The van der Waals surface area contributed by atoms with Gasteiger partial charge in [0.25, 0.3) is 5.91 Å². The number of likely N-dealkylation sites (tertiary alicyclic amines) is 1. The van der Waals surface area contributed by atoms with Crippen LogP contribution in [0.25, 0.3) is 0 Å². The molecular weight excluding hydrogens is 406 g/mol. The molecule has 2 aromatic rings. The van der Waals surface area contributed by atoms with E-state index in [0.717, 1.165) is 39.0 Å². The van der Waals surface area contributed by atoms with Gasteiger partial charge in [0.1, 0.15) is 17.8 Å². The van der Waals surface area contributed by atoms with Crippen LogP contribution in [0.15, 0.2) is 36.7 Å². The highest BCUT2D eigenvalue weighted by atomic mass is 16.2. The van der Waals surface area contributed by atoms with Gasteiger partial charge in [0, 0.05) is 64.3 Å². The van der Waals surface area contributed by atoms with E-state index in [9.17, 15) is 9.59 Å². The van der Waals surface area contributed by atoms with Crippen LogP contribution in [0.4, 0.5) is 5.82 Å². The van der Waals surface area contributed by atoms with Gasteiger partial charge in [-0.15, -0.1) is 0 Å². The topological polar surface area (TPSA) is 116 Å². The summed E-state index contributed by atoms with van der Waals surface area (Å²) in [5.74, 6) is 0.462. The van der Waals surface area contributed by atoms with Crippen LogP contribution in [0.3, 0.4) is 0 Å². The van der Waals surface area contributed by atoms with Crippen LogP contribution >= 0.6 is 0 Å². The number of nitrogens with two attached hydrogens (primary N) is 1. The highest BCUT2D eigenvalue weighted by Crippen LogP contribution is 2.22. The van der Waals surface area contributed by atoms with Crippen molar-refractivity contribution in [3.63, 3.8) is 0 Å². The first-order valence-electron chi connectivity index (χ1n) is 11.1. The molecule has 0 spiro atoms. The molecule has 2 amide bonds. The number of hydrogen-bond donors (Lipinski definition) is 3. The fraction of sp³-hybridized carbons (Fsp3) is 0.478. The predicted octanol–water partition coefficient (Wildman–Crippen LogP) is 0.972. The van der Waals surface area contributed by atoms with Crippen LogP contribution in [0.1, 0.15) is 41.4 Å². The number of benzene rings is 1. The van der Waals surface area contributed by atoms with E-state index in [4.69, 9.17) is 5.73 Å². The van der Waals surface area contributed by atoms with Crippen molar-refractivity contribution < 1.29 is 9.59 Å². The van der Waals surface area contributed by atoms with Gasteiger partial charge in [-0.2, -0.15) is 0 Å². The molecular formula is C23H31N7O2. The number of hydrogen-bond acceptors (Lipinski definition) is 7. The van der Waals surface area contributed by atoms with Gasteiger partial charge < -0.3 is 21.3 Å². The molecule has 1 fully saturated rings. The minimum atomic E-state index is -0.262. The number of carbonyl (C=O) groups excluding carboxylic acids is 2. The summed E-state index contributed by atoms with van der Waals surface area (Å²) < 4.78 is 0. The van der Waals surface area contributed by atoms with E-state index in [2.05, 4.69) is 49.8 Å². The maximum Gasteiger partial charge on any atom is 0.270 e. The Kier molecular flexibility index (Phi) is 6.96. The Balaban J connectivity index is 1.23. The molecule has 2 aliphatic rings. The highest BCUT2D eigenvalue weighted by molar-refractivity contribution is 5.92. The number of fused-ring (bicyclic) bond motifs is 1. The third-order valence-corrected chi connectivity index (χ3v) is 6.12. The number of nitrogens with zero attached hydrogens (tertiary/aromatic N) is 4. The summed E-state index contributed by atoms with van der Waals surface area (Å²) in [6.07, 6.45) is 3.09. The van der Waals surface area contributed by atoms with Crippen molar-refractivity contribution in [2.24, 2.45) is 5.73 Å². The molecule has 1 atom stereocenters. The van der Waals surface area contributed by atoms with Crippen molar-refractivity contribution in [1.82, 2.24) is 25.1 Å². The minimum absolute atomic E-state index is 0.108. The molecule has 4 rings (SSSR count). The summed E-state index contributed by atoms with van der Waals surface area (Å²) in [7, 11) is 0. The quantitative estimate of drug-likeness (QED) is 0.591. The second kappa shape index (κ2) is 10.1. The van der Waals surface area contributed by atoms with E-state index in [1.165, 1.54) is 17.5 Å². The summed E-state index contributed by atoms with van der Waals surface area (Å²) in [6, 6.07) is 10.1. The third kappa shape index (κ3) is 5.60. The minimum Gasteiger partial charge on any atom is -0.367 e. The lowest BCUT2D eigenvalue weighted by molar-refractivity contribution is -0.129. The Morgan fingerprint density at radius 3 is 2.50 bits per heavy atom. The molecule has 4 N–H and O–H groups in total. The Labute approximate surface area is 188 Å². The Bertz CT molecular complexity index is 934. The monoisotopic (exact) mass is 437 g/mol. The number of amides is 2. The van der Waals surface area contributed by atoms with Gasteiger partial charge in [0.2, 0.25) is 5.91 Å². The third-order valence-electron chi connectivity index (χ3n) is 6.12. The summed E-state index contributed by atoms with van der Waals surface area (Å²) >= 11 is 0. The van der Waals surface area contributed by atoms with Gasteiger partial charge >= 0.3 is 0 Å². The zero-order valence-corrected chi connectivity index (χ0v) is 18.5. The van der Waals surface area contributed by atoms with E-state index in [0.29, 0.717) is 24.6 Å². The summed E-state index contributed by atoms with van der Waals surface area (Å²) in [4.78, 5) is 36.5. The molecule has 32 heavy (non-hydrogen) atoms. The average molecular weight is 438 g/mol. The fourth-order valence-corrected chi connectivity index (χ4v) is 4.35. The molecule has 2 aliphatic heterocycles. The summed E-state index contributed by atoms with van der Waals surface area (Å²) in [6.45, 7) is 5.93. The van der Waals surface area contributed by atoms with Crippen LogP contribution < -0.4 is 16.4 Å². The van der Waals surface area contributed by atoms with E-state index in [1.807, 2.05) is 4.90 Å². The smallest absolute Gasteiger partial charge is 0.270 e. The largest absolute Gasteiger partial charge is 0.367 e. The predicted molar refractivity (Wildman–Crippen MR) is 122 cm³/mol. The first-order valence-corrected chi connectivity index (χ1v) is 11.1. The van der Waals surface area contributed by atoms with Crippen molar-refractivity contribution in [3.8, 4) is 0 Å². The maximum atomic E-state index is 12.6. The van der Waals surface area contributed by atoms with Crippen LogP contribution in [0.2, 0.25) is 0 Å². The number of carbonyl (C=O) groups is 2. The summed E-state index contributed by atoms with van der Waals surface area (Å²) in [5.41, 5.74) is 9.27. The highest BCUT2D eigenvalue weighted by Gasteiger charge is 2.22. The lowest BCUT2D eigenvalue weighted by Gasteiger charge is -2.31. The number of nitrogens with one attached hydrogen (secondary N) is 2.